The summed E-state index contributed by atoms with van der Waals surface area (Å²) in [4.78, 5) is 17.1. The Hall–Kier alpha value is -3.66. The number of carbonyl (C=O) groups is 1. The van der Waals surface area contributed by atoms with E-state index in [4.69, 9.17) is 11.6 Å². The van der Waals surface area contributed by atoms with Crippen molar-refractivity contribution in [1.29, 1.82) is 0 Å². The predicted octanol–water partition coefficient (Wildman–Crippen LogP) is 6.24. The van der Waals surface area contributed by atoms with Crippen molar-refractivity contribution < 1.29 is 27.1 Å². The average molecular weight is 493 g/mol. The lowest BCUT2D eigenvalue weighted by atomic mass is 10.1. The third-order valence-corrected chi connectivity index (χ3v) is 5.23. The van der Waals surface area contributed by atoms with E-state index in [1.807, 2.05) is 0 Å². The number of hydrogen-bond acceptors (Lipinski definition) is 4. The van der Waals surface area contributed by atoms with Crippen LogP contribution in [0.5, 0.6) is 5.75 Å². The Labute approximate surface area is 196 Å². The van der Waals surface area contributed by atoms with E-state index >= 15 is 0 Å². The van der Waals surface area contributed by atoms with Gasteiger partial charge in [-0.15, -0.1) is 0 Å². The Morgan fingerprint density at radius 2 is 1.85 bits per heavy atom. The number of halogens is 5. The number of pyridine rings is 1. The van der Waals surface area contributed by atoms with Gasteiger partial charge in [-0.05, 0) is 31.2 Å². The summed E-state index contributed by atoms with van der Waals surface area (Å²) in [5, 5.41) is 6.87. The SMILES string of the molecule is Cc1nn(CC(=O)Nc2ccc(OC(F)F)c(Cl)c2)c2nc(-c3ccccc3)cc(C(F)F)c12. The van der Waals surface area contributed by atoms with Crippen LogP contribution >= 0.6 is 11.6 Å². The van der Waals surface area contributed by atoms with Crippen molar-refractivity contribution in [2.45, 2.75) is 26.5 Å². The van der Waals surface area contributed by atoms with Crippen molar-refractivity contribution in [1.82, 2.24) is 14.8 Å². The molecule has 0 aliphatic heterocycles. The number of carbonyl (C=O) groups excluding carboxylic acids is 1. The molecule has 0 unspecified atom stereocenters. The van der Waals surface area contributed by atoms with Gasteiger partial charge in [0, 0.05) is 16.8 Å². The van der Waals surface area contributed by atoms with Crippen molar-refractivity contribution in [3.8, 4) is 17.0 Å². The molecule has 1 amide bonds. The van der Waals surface area contributed by atoms with E-state index in [2.05, 4.69) is 20.1 Å². The van der Waals surface area contributed by atoms with Gasteiger partial charge >= 0.3 is 6.61 Å². The van der Waals surface area contributed by atoms with Crippen molar-refractivity contribution in [2.24, 2.45) is 0 Å². The molecule has 0 radical (unpaired) electrons. The fraction of sp³-hybridized carbons (Fsp3) is 0.174. The van der Waals surface area contributed by atoms with Crippen LogP contribution in [0.4, 0.5) is 23.2 Å². The van der Waals surface area contributed by atoms with Gasteiger partial charge in [0.1, 0.15) is 12.3 Å². The van der Waals surface area contributed by atoms with E-state index in [9.17, 15) is 22.4 Å². The summed E-state index contributed by atoms with van der Waals surface area (Å²) in [6, 6.07) is 13.9. The molecule has 6 nitrogen and oxygen atoms in total. The summed E-state index contributed by atoms with van der Waals surface area (Å²) in [5.74, 6) is -0.783. The first kappa shape index (κ1) is 23.5. The number of amides is 1. The first-order valence-electron chi connectivity index (χ1n) is 9.98. The first-order chi connectivity index (χ1) is 16.2. The van der Waals surface area contributed by atoms with E-state index in [0.29, 0.717) is 17.0 Å². The van der Waals surface area contributed by atoms with Crippen LogP contribution in [0.1, 0.15) is 17.7 Å². The summed E-state index contributed by atoms with van der Waals surface area (Å²) < 4.78 is 58.0. The molecule has 0 atom stereocenters. The van der Waals surface area contributed by atoms with Gasteiger partial charge in [-0.3, -0.25) is 4.79 Å². The highest BCUT2D eigenvalue weighted by atomic mass is 35.5. The second-order valence-corrected chi connectivity index (χ2v) is 7.68. The molecule has 4 rings (SSSR count). The van der Waals surface area contributed by atoms with Crippen LogP contribution in [0.3, 0.4) is 0 Å². The summed E-state index contributed by atoms with van der Waals surface area (Å²) in [5.41, 5.74) is 1.42. The van der Waals surface area contributed by atoms with Crippen LogP contribution in [0, 0.1) is 6.92 Å². The molecule has 2 aromatic heterocycles. The summed E-state index contributed by atoms with van der Waals surface area (Å²) in [6.07, 6.45) is -2.77. The Balaban J connectivity index is 1.65. The maximum Gasteiger partial charge on any atom is 0.387 e. The molecule has 4 aromatic rings. The Morgan fingerprint density at radius 1 is 1.12 bits per heavy atom. The zero-order valence-electron chi connectivity index (χ0n) is 17.6. The maximum absolute atomic E-state index is 13.9. The number of benzene rings is 2. The van der Waals surface area contributed by atoms with Crippen molar-refractivity contribution in [3.63, 3.8) is 0 Å². The molecular weight excluding hydrogens is 476 g/mol. The molecule has 0 spiro atoms. The van der Waals surface area contributed by atoms with E-state index in [0.717, 1.165) is 0 Å². The number of nitrogens with one attached hydrogen (secondary N) is 1. The van der Waals surface area contributed by atoms with Gasteiger partial charge in [-0.25, -0.2) is 18.4 Å². The minimum Gasteiger partial charge on any atom is -0.433 e. The van der Waals surface area contributed by atoms with E-state index in [-0.39, 0.29) is 39.6 Å². The molecule has 11 heteroatoms. The van der Waals surface area contributed by atoms with Gasteiger partial charge in [0.15, 0.2) is 5.65 Å². The zero-order chi connectivity index (χ0) is 24.4. The van der Waals surface area contributed by atoms with Gasteiger partial charge in [0.2, 0.25) is 5.91 Å². The second kappa shape index (κ2) is 9.68. The molecule has 0 saturated carbocycles. The highest BCUT2D eigenvalue weighted by Crippen LogP contribution is 2.33. The molecular formula is C23H17ClF4N4O2. The molecule has 176 valence electrons. The number of fused-ring (bicyclic) bond motifs is 1. The Bertz CT molecular complexity index is 1350. The van der Waals surface area contributed by atoms with Gasteiger partial charge < -0.3 is 10.1 Å². The van der Waals surface area contributed by atoms with Gasteiger partial charge in [-0.2, -0.15) is 13.9 Å². The largest absolute Gasteiger partial charge is 0.433 e. The van der Waals surface area contributed by atoms with Crippen LogP contribution in [0.2, 0.25) is 5.02 Å². The molecule has 2 aromatic carbocycles. The minimum atomic E-state index is -3.04. The van der Waals surface area contributed by atoms with Crippen LogP contribution in [0.15, 0.2) is 54.6 Å². The molecule has 1 N–H and O–H groups in total. The van der Waals surface area contributed by atoms with Crippen LogP contribution in [0.25, 0.3) is 22.3 Å². The highest BCUT2D eigenvalue weighted by molar-refractivity contribution is 6.32. The Morgan fingerprint density at radius 3 is 2.50 bits per heavy atom. The lowest BCUT2D eigenvalue weighted by molar-refractivity contribution is -0.116. The molecule has 0 bridgehead atoms. The number of rotatable bonds is 7. The van der Waals surface area contributed by atoms with E-state index in [1.54, 1.807) is 37.3 Å². The molecule has 0 fully saturated rings. The molecule has 0 saturated heterocycles. The first-order valence-corrected chi connectivity index (χ1v) is 10.4. The quantitative estimate of drug-likeness (QED) is 0.310. The predicted molar refractivity (Wildman–Crippen MR) is 119 cm³/mol. The minimum absolute atomic E-state index is 0.116. The van der Waals surface area contributed by atoms with E-state index in [1.165, 1.54) is 28.9 Å². The molecule has 0 aliphatic carbocycles. The lowest BCUT2D eigenvalue weighted by Gasteiger charge is -2.11. The highest BCUT2D eigenvalue weighted by Gasteiger charge is 2.22. The number of nitrogens with zero attached hydrogens (tertiary/aromatic N) is 3. The van der Waals surface area contributed by atoms with E-state index < -0.39 is 18.9 Å². The number of alkyl halides is 4. The summed E-state index contributed by atoms with van der Waals surface area (Å²) >= 11 is 5.91. The van der Waals surface area contributed by atoms with Crippen LogP contribution in [-0.4, -0.2) is 27.3 Å². The van der Waals surface area contributed by atoms with Crippen LogP contribution < -0.4 is 10.1 Å². The standard InChI is InChI=1S/C23H17ClF4N4O2/c1-12-20-15(21(25)26)10-17(13-5-3-2-4-6-13)30-22(20)32(31-12)11-19(33)29-14-7-8-18(16(24)9-14)34-23(27)28/h2-10,21,23H,11H2,1H3,(H,29,33). The van der Waals surface area contributed by atoms with Crippen molar-refractivity contribution in [2.75, 3.05) is 5.32 Å². The molecule has 0 aliphatic rings. The topological polar surface area (TPSA) is 69.0 Å². The summed E-state index contributed by atoms with van der Waals surface area (Å²) in [7, 11) is 0. The lowest BCUT2D eigenvalue weighted by Crippen LogP contribution is -2.20. The number of aryl methyl sites for hydroxylation is 1. The number of aromatic nitrogens is 3. The van der Waals surface area contributed by atoms with Gasteiger partial charge in [0.05, 0.1) is 21.8 Å². The Kier molecular flexibility index (Phi) is 6.69. The smallest absolute Gasteiger partial charge is 0.387 e. The van der Waals surface area contributed by atoms with Gasteiger partial charge in [-0.1, -0.05) is 41.9 Å². The maximum atomic E-state index is 13.9. The zero-order valence-corrected chi connectivity index (χ0v) is 18.4. The third-order valence-electron chi connectivity index (χ3n) is 4.94. The van der Waals surface area contributed by atoms with Gasteiger partial charge in [0.25, 0.3) is 6.43 Å². The molecule has 2 heterocycles. The fourth-order valence-electron chi connectivity index (χ4n) is 3.53. The number of anilines is 1. The molecule has 34 heavy (non-hydrogen) atoms. The van der Waals surface area contributed by atoms with Crippen molar-refractivity contribution >= 4 is 34.2 Å². The normalized spacial score (nSPS) is 11.4. The fourth-order valence-corrected chi connectivity index (χ4v) is 3.76. The summed E-state index contributed by atoms with van der Waals surface area (Å²) in [6.45, 7) is -1.81. The third kappa shape index (κ3) is 4.96. The number of ether oxygens (including phenoxy) is 1. The monoisotopic (exact) mass is 492 g/mol. The average Bonchev–Trinajstić information content (AvgIpc) is 3.10. The second-order valence-electron chi connectivity index (χ2n) is 7.28. The van der Waals surface area contributed by atoms with Crippen molar-refractivity contribution in [3.05, 3.63) is 70.9 Å². The van der Waals surface area contributed by atoms with Crippen LogP contribution in [-0.2, 0) is 11.3 Å². The number of hydrogen-bond donors (Lipinski definition) is 1.